The van der Waals surface area contributed by atoms with Gasteiger partial charge < -0.3 is 5.32 Å². The number of amides is 1. The van der Waals surface area contributed by atoms with Crippen LogP contribution in [-0.2, 0) is 11.2 Å². The minimum atomic E-state index is 0.250. The summed E-state index contributed by atoms with van der Waals surface area (Å²) in [5.74, 6) is 1.02. The first-order chi connectivity index (χ1) is 8.16. The SMILES string of the molecule is CC(C)[C@H](Cc1ccccc1)NC(=O)C1CC1. The zero-order valence-electron chi connectivity index (χ0n) is 10.6. The topological polar surface area (TPSA) is 29.1 Å². The van der Waals surface area contributed by atoms with E-state index in [9.17, 15) is 4.79 Å². The predicted octanol–water partition coefficient (Wildman–Crippen LogP) is 2.78. The lowest BCUT2D eigenvalue weighted by molar-refractivity contribution is -0.123. The van der Waals surface area contributed by atoms with Gasteiger partial charge >= 0.3 is 0 Å². The molecule has 0 heterocycles. The number of nitrogens with one attached hydrogen (secondary N) is 1. The molecule has 0 aromatic heterocycles. The van der Waals surface area contributed by atoms with Crippen LogP contribution in [0.3, 0.4) is 0 Å². The molecule has 1 fully saturated rings. The van der Waals surface area contributed by atoms with Crippen molar-refractivity contribution in [1.82, 2.24) is 5.32 Å². The van der Waals surface area contributed by atoms with Crippen molar-refractivity contribution in [2.75, 3.05) is 0 Å². The summed E-state index contributed by atoms with van der Waals surface area (Å²) < 4.78 is 0. The lowest BCUT2D eigenvalue weighted by Gasteiger charge is -2.22. The van der Waals surface area contributed by atoms with E-state index in [1.807, 2.05) is 6.07 Å². The van der Waals surface area contributed by atoms with Crippen molar-refractivity contribution in [3.8, 4) is 0 Å². The van der Waals surface area contributed by atoms with E-state index in [0.717, 1.165) is 19.3 Å². The van der Waals surface area contributed by atoms with Crippen LogP contribution in [0.15, 0.2) is 30.3 Å². The third-order valence-electron chi connectivity index (χ3n) is 3.38. The van der Waals surface area contributed by atoms with E-state index in [1.165, 1.54) is 5.56 Å². The Balaban J connectivity index is 1.94. The Labute approximate surface area is 103 Å². The van der Waals surface area contributed by atoms with Gasteiger partial charge in [-0.1, -0.05) is 44.2 Å². The van der Waals surface area contributed by atoms with Gasteiger partial charge in [0.25, 0.3) is 0 Å². The molecule has 1 amide bonds. The third-order valence-corrected chi connectivity index (χ3v) is 3.38. The van der Waals surface area contributed by atoms with Gasteiger partial charge in [0.05, 0.1) is 0 Å². The van der Waals surface area contributed by atoms with Crippen LogP contribution < -0.4 is 5.32 Å². The van der Waals surface area contributed by atoms with Crippen LogP contribution in [0.25, 0.3) is 0 Å². The van der Waals surface area contributed by atoms with Crippen LogP contribution in [0.4, 0.5) is 0 Å². The summed E-state index contributed by atoms with van der Waals surface area (Å²) in [5, 5.41) is 3.19. The molecule has 92 valence electrons. The summed E-state index contributed by atoms with van der Waals surface area (Å²) in [5.41, 5.74) is 1.29. The number of benzene rings is 1. The molecule has 2 heteroatoms. The van der Waals surface area contributed by atoms with Gasteiger partial charge in [0.2, 0.25) is 5.91 Å². The first-order valence-electron chi connectivity index (χ1n) is 6.51. The summed E-state index contributed by atoms with van der Waals surface area (Å²) in [6.45, 7) is 4.33. The predicted molar refractivity (Wildman–Crippen MR) is 69.6 cm³/mol. The molecule has 0 saturated heterocycles. The highest BCUT2D eigenvalue weighted by Crippen LogP contribution is 2.29. The van der Waals surface area contributed by atoms with Crippen LogP contribution in [-0.4, -0.2) is 11.9 Å². The van der Waals surface area contributed by atoms with E-state index in [0.29, 0.717) is 11.8 Å². The summed E-state index contributed by atoms with van der Waals surface area (Å²) in [4.78, 5) is 11.8. The molecule has 1 aliphatic rings. The van der Waals surface area contributed by atoms with Gasteiger partial charge in [-0.3, -0.25) is 4.79 Å². The summed E-state index contributed by atoms with van der Waals surface area (Å²) in [6, 6.07) is 10.6. The van der Waals surface area contributed by atoms with E-state index in [2.05, 4.69) is 43.4 Å². The average Bonchev–Trinajstić information content (AvgIpc) is 3.13. The van der Waals surface area contributed by atoms with Crippen LogP contribution in [0.2, 0.25) is 0 Å². The molecule has 1 aliphatic carbocycles. The second-order valence-corrected chi connectivity index (χ2v) is 5.32. The molecule has 1 aromatic carbocycles. The Morgan fingerprint density at radius 1 is 1.29 bits per heavy atom. The molecule has 0 radical (unpaired) electrons. The second kappa shape index (κ2) is 5.35. The Morgan fingerprint density at radius 3 is 2.47 bits per heavy atom. The normalized spacial score (nSPS) is 16.9. The number of carbonyl (C=O) groups is 1. The molecule has 0 aliphatic heterocycles. The second-order valence-electron chi connectivity index (χ2n) is 5.32. The molecule has 2 nitrogen and oxygen atoms in total. The van der Waals surface area contributed by atoms with Crippen molar-refractivity contribution >= 4 is 5.91 Å². The van der Waals surface area contributed by atoms with Crippen molar-refractivity contribution in [2.45, 2.75) is 39.2 Å². The number of hydrogen-bond donors (Lipinski definition) is 1. The van der Waals surface area contributed by atoms with E-state index >= 15 is 0 Å². The summed E-state index contributed by atoms with van der Waals surface area (Å²) in [6.07, 6.45) is 3.07. The first-order valence-corrected chi connectivity index (χ1v) is 6.51. The maximum atomic E-state index is 11.8. The standard InChI is InChI=1S/C15H21NO/c1-11(2)14(16-15(17)13-8-9-13)10-12-6-4-3-5-7-12/h3-7,11,13-14H,8-10H2,1-2H3,(H,16,17)/t14-/m0/s1. The van der Waals surface area contributed by atoms with Crippen LogP contribution in [0.5, 0.6) is 0 Å². The van der Waals surface area contributed by atoms with E-state index < -0.39 is 0 Å². The minimum absolute atomic E-state index is 0.250. The van der Waals surface area contributed by atoms with Crippen LogP contribution in [0, 0.1) is 11.8 Å². The Hall–Kier alpha value is -1.31. The zero-order valence-corrected chi connectivity index (χ0v) is 10.6. The van der Waals surface area contributed by atoms with E-state index in [1.54, 1.807) is 0 Å². The molecular weight excluding hydrogens is 210 g/mol. The Kier molecular flexibility index (Phi) is 3.82. The molecule has 1 saturated carbocycles. The lowest BCUT2D eigenvalue weighted by Crippen LogP contribution is -2.40. The lowest BCUT2D eigenvalue weighted by atomic mass is 9.96. The molecule has 1 atom stereocenters. The minimum Gasteiger partial charge on any atom is -0.353 e. The van der Waals surface area contributed by atoms with Crippen molar-refractivity contribution in [3.05, 3.63) is 35.9 Å². The van der Waals surface area contributed by atoms with Crippen molar-refractivity contribution in [1.29, 1.82) is 0 Å². The number of hydrogen-bond acceptors (Lipinski definition) is 1. The Bertz CT molecular complexity index is 368. The van der Waals surface area contributed by atoms with Gasteiger partial charge in [0.1, 0.15) is 0 Å². The fraction of sp³-hybridized carbons (Fsp3) is 0.533. The van der Waals surface area contributed by atoms with Gasteiger partial charge in [0, 0.05) is 12.0 Å². The molecule has 1 aromatic rings. The van der Waals surface area contributed by atoms with Gasteiger partial charge in [-0.15, -0.1) is 0 Å². The molecule has 0 unspecified atom stereocenters. The maximum Gasteiger partial charge on any atom is 0.223 e. The highest BCUT2D eigenvalue weighted by molar-refractivity contribution is 5.81. The smallest absolute Gasteiger partial charge is 0.223 e. The van der Waals surface area contributed by atoms with Crippen molar-refractivity contribution in [3.63, 3.8) is 0 Å². The first kappa shape index (κ1) is 12.2. The number of rotatable bonds is 5. The van der Waals surface area contributed by atoms with Gasteiger partial charge in [0.15, 0.2) is 0 Å². The summed E-state index contributed by atoms with van der Waals surface area (Å²) >= 11 is 0. The van der Waals surface area contributed by atoms with Crippen LogP contribution in [0.1, 0.15) is 32.3 Å². The molecule has 0 bridgehead atoms. The van der Waals surface area contributed by atoms with Crippen molar-refractivity contribution in [2.24, 2.45) is 11.8 Å². The van der Waals surface area contributed by atoms with Crippen molar-refractivity contribution < 1.29 is 4.79 Å². The highest BCUT2D eigenvalue weighted by Gasteiger charge is 2.31. The molecule has 2 rings (SSSR count). The van der Waals surface area contributed by atoms with E-state index in [4.69, 9.17) is 0 Å². The number of carbonyl (C=O) groups excluding carboxylic acids is 1. The largest absolute Gasteiger partial charge is 0.353 e. The molecule has 1 N–H and O–H groups in total. The fourth-order valence-electron chi connectivity index (χ4n) is 1.97. The molecule has 0 spiro atoms. The maximum absolute atomic E-state index is 11.8. The quantitative estimate of drug-likeness (QED) is 0.829. The van der Waals surface area contributed by atoms with E-state index in [-0.39, 0.29) is 11.9 Å². The zero-order chi connectivity index (χ0) is 12.3. The monoisotopic (exact) mass is 231 g/mol. The fourth-order valence-corrected chi connectivity index (χ4v) is 1.97. The molecular formula is C15H21NO. The van der Waals surface area contributed by atoms with Gasteiger partial charge in [-0.25, -0.2) is 0 Å². The van der Waals surface area contributed by atoms with Gasteiger partial charge in [-0.05, 0) is 30.7 Å². The third kappa shape index (κ3) is 3.58. The summed E-state index contributed by atoms with van der Waals surface area (Å²) in [7, 11) is 0. The molecule has 17 heavy (non-hydrogen) atoms. The highest BCUT2D eigenvalue weighted by atomic mass is 16.2. The van der Waals surface area contributed by atoms with Crippen LogP contribution >= 0.6 is 0 Å². The average molecular weight is 231 g/mol. The Morgan fingerprint density at radius 2 is 1.94 bits per heavy atom. The van der Waals surface area contributed by atoms with Gasteiger partial charge in [-0.2, -0.15) is 0 Å².